The van der Waals surface area contributed by atoms with Crippen molar-refractivity contribution in [3.8, 4) is 0 Å². The molecular weight excluding hydrogens is 825 g/mol. The van der Waals surface area contributed by atoms with Gasteiger partial charge >= 0.3 is 0 Å². The number of allylic oxidation sites excluding steroid dienone is 8. The van der Waals surface area contributed by atoms with Crippen molar-refractivity contribution in [1.29, 1.82) is 0 Å². The van der Waals surface area contributed by atoms with Gasteiger partial charge in [0.05, 0.1) is 13.3 Å². The lowest BCUT2D eigenvalue weighted by molar-refractivity contribution is -0.477. The summed E-state index contributed by atoms with van der Waals surface area (Å²) in [7, 11) is 3.89. The van der Waals surface area contributed by atoms with Crippen molar-refractivity contribution >= 4 is 35.8 Å². The van der Waals surface area contributed by atoms with Gasteiger partial charge in [-0.25, -0.2) is 15.0 Å². The number of hydrogen-bond acceptors (Lipinski definition) is 10. The number of aryl methyl sites for hydroxylation is 10. The molecule has 1 aliphatic carbocycles. The molecule has 12 heteroatoms. The highest BCUT2D eigenvalue weighted by Crippen LogP contribution is 2.16. The quantitative estimate of drug-likeness (QED) is 0.143. The first-order valence-electron chi connectivity index (χ1n) is 22.0. The molecule has 0 atom stereocenters. The minimum Gasteiger partial charge on any atom is -0.469 e. The molecule has 5 aromatic rings. The number of furan rings is 1. The molecule has 0 saturated heterocycles. The van der Waals surface area contributed by atoms with Crippen LogP contribution in [-0.2, 0) is 7.05 Å². The van der Waals surface area contributed by atoms with Crippen LogP contribution in [0.25, 0.3) is 0 Å². The number of thiophene rings is 1. The Balaban J connectivity index is 0.000000366. The SMILES string of the molecule is CC1=C(C)CC=C1.CC1=C(C)N=CC1.CC1=C(C)N=CC1.CC1=[N+](C)CC=N1.Cc1cccnc1C.Cc1ccoc1C.Cc1ccsc1C.Cc1cncnc1C.Cc1ncnn1C. The number of hydrogen-bond donors (Lipinski definition) is 0. The predicted octanol–water partition coefficient (Wildman–Crippen LogP) is 13.1. The van der Waals surface area contributed by atoms with Crippen molar-refractivity contribution in [1.82, 2.24) is 29.7 Å². The van der Waals surface area contributed by atoms with E-state index in [0.29, 0.717) is 0 Å². The topological polar surface area (TPSA) is 123 Å². The van der Waals surface area contributed by atoms with Gasteiger partial charge in [0.1, 0.15) is 30.8 Å². The zero-order valence-corrected chi connectivity index (χ0v) is 43.6. The molecule has 0 unspecified atom stereocenters. The third-order valence-electron chi connectivity index (χ3n) is 10.9. The highest BCUT2D eigenvalue weighted by Gasteiger charge is 2.07. The van der Waals surface area contributed by atoms with Crippen molar-refractivity contribution in [2.24, 2.45) is 22.0 Å². The van der Waals surface area contributed by atoms with E-state index in [9.17, 15) is 0 Å². The maximum atomic E-state index is 4.96. The molecule has 0 spiro atoms. The largest absolute Gasteiger partial charge is 0.469 e. The number of pyridine rings is 1. The van der Waals surface area contributed by atoms with Crippen LogP contribution >= 0.6 is 11.3 Å². The van der Waals surface area contributed by atoms with Crippen LogP contribution < -0.4 is 0 Å². The molecular formula is C53H77N10OS+. The smallest absolute Gasteiger partial charge is 0.290 e. The Hall–Kier alpha value is -6.01. The standard InChI is InChI=1S/C7H9N.C7H10.C6H8N2.2C6H9N.C6H8O.C6H8S.C5H9N2.C4H7N3/c1-6-4-3-5-8-7(6)2;1-6-4-3-5-7(6)2;1-5-3-7-4-8-6(5)2;4*1-5-3-4-7-6(5)2;1-5-6-3-4-7(5)2;1-4-5-3-6-7(4)2/h3-5H,1-2H3;3-4H,5H2,1-2H3;3-4H,1-2H3;2*4H,3H2,1-2H3;2*3-4H,1-2H3;3H,4H2,1-2H3;3H,1-2H3/q;;;;;;;+1;. The average molecular weight is 902 g/mol. The van der Waals surface area contributed by atoms with E-state index in [0.717, 1.165) is 53.8 Å². The molecule has 4 aliphatic rings. The van der Waals surface area contributed by atoms with E-state index in [2.05, 4.69) is 123 Å². The van der Waals surface area contributed by atoms with Gasteiger partial charge in [-0.1, -0.05) is 34.4 Å². The van der Waals surface area contributed by atoms with Crippen molar-refractivity contribution in [2.45, 2.75) is 130 Å². The number of rotatable bonds is 0. The maximum Gasteiger partial charge on any atom is 0.290 e. The molecule has 65 heavy (non-hydrogen) atoms. The normalized spacial score (nSPS) is 13.6. The molecule has 0 amide bonds. The van der Waals surface area contributed by atoms with E-state index in [1.54, 1.807) is 28.6 Å². The lowest BCUT2D eigenvalue weighted by Crippen LogP contribution is -2.06. The molecule has 5 aromatic heterocycles. The van der Waals surface area contributed by atoms with Crippen LogP contribution in [0.1, 0.15) is 118 Å². The van der Waals surface area contributed by atoms with Gasteiger partial charge in [-0.2, -0.15) is 5.10 Å². The van der Waals surface area contributed by atoms with Crippen molar-refractivity contribution in [3.05, 3.63) is 157 Å². The van der Waals surface area contributed by atoms with Gasteiger partial charge in [-0.05, 0) is 167 Å². The maximum absolute atomic E-state index is 4.96. The summed E-state index contributed by atoms with van der Waals surface area (Å²) in [5.41, 5.74) is 15.4. The molecule has 9 rings (SSSR count). The molecule has 350 valence electrons. The van der Waals surface area contributed by atoms with Crippen LogP contribution in [0, 0.1) is 62.3 Å². The van der Waals surface area contributed by atoms with Crippen molar-refractivity contribution in [2.75, 3.05) is 13.6 Å². The van der Waals surface area contributed by atoms with Crippen LogP contribution in [-0.4, -0.2) is 72.4 Å². The molecule has 8 heterocycles. The fourth-order valence-corrected chi connectivity index (χ4v) is 5.40. The van der Waals surface area contributed by atoms with Crippen molar-refractivity contribution in [3.63, 3.8) is 0 Å². The summed E-state index contributed by atoms with van der Waals surface area (Å²) >= 11 is 1.80. The Morgan fingerprint density at radius 2 is 1.26 bits per heavy atom. The second-order valence-electron chi connectivity index (χ2n) is 16.0. The van der Waals surface area contributed by atoms with E-state index >= 15 is 0 Å². The number of nitrogens with zero attached hydrogens (tertiary/aromatic N) is 10. The van der Waals surface area contributed by atoms with Gasteiger partial charge < -0.3 is 4.42 Å². The van der Waals surface area contributed by atoms with E-state index in [4.69, 9.17) is 4.42 Å². The Labute approximate surface area is 395 Å². The van der Waals surface area contributed by atoms with E-state index in [1.807, 2.05) is 120 Å². The van der Waals surface area contributed by atoms with Crippen LogP contribution in [0.5, 0.6) is 0 Å². The summed E-state index contributed by atoms with van der Waals surface area (Å²) in [4.78, 5) is 29.4. The Morgan fingerprint density at radius 1 is 0.631 bits per heavy atom. The highest BCUT2D eigenvalue weighted by atomic mass is 32.1. The first-order valence-corrected chi connectivity index (χ1v) is 22.8. The lowest BCUT2D eigenvalue weighted by Gasteiger charge is -1.92. The number of aromatic nitrogens is 6. The first-order chi connectivity index (χ1) is 30.7. The molecule has 0 bridgehead atoms. The first kappa shape index (κ1) is 57.0. The second-order valence-corrected chi connectivity index (χ2v) is 17.1. The highest BCUT2D eigenvalue weighted by molar-refractivity contribution is 7.10. The predicted molar refractivity (Wildman–Crippen MR) is 278 cm³/mol. The van der Waals surface area contributed by atoms with Crippen LogP contribution in [0.3, 0.4) is 0 Å². The van der Waals surface area contributed by atoms with Gasteiger partial charge in [0.2, 0.25) is 0 Å². The van der Waals surface area contributed by atoms with E-state index < -0.39 is 0 Å². The fraction of sp³-hybridized carbons (Fsp3) is 0.415. The third-order valence-corrected chi connectivity index (χ3v) is 11.8. The molecule has 0 saturated carbocycles. The minimum atomic E-state index is 0.944. The zero-order chi connectivity index (χ0) is 48.9. The lowest BCUT2D eigenvalue weighted by atomic mass is 10.2. The zero-order valence-electron chi connectivity index (χ0n) is 42.8. The van der Waals surface area contributed by atoms with Gasteiger partial charge in [0.15, 0.2) is 6.21 Å². The molecule has 0 N–H and O–H groups in total. The summed E-state index contributed by atoms with van der Waals surface area (Å²) in [6.07, 6.45) is 21.9. The van der Waals surface area contributed by atoms with Crippen molar-refractivity contribution < 1.29 is 8.99 Å². The molecule has 11 nitrogen and oxygen atoms in total. The molecule has 0 fully saturated rings. The van der Waals surface area contributed by atoms with Gasteiger partial charge in [0.25, 0.3) is 5.84 Å². The monoisotopic (exact) mass is 902 g/mol. The summed E-state index contributed by atoms with van der Waals surface area (Å²) in [6, 6.07) is 8.10. The van der Waals surface area contributed by atoms with Crippen LogP contribution in [0.4, 0.5) is 0 Å². The van der Waals surface area contributed by atoms with E-state index in [-0.39, 0.29) is 0 Å². The van der Waals surface area contributed by atoms with Gasteiger partial charge in [-0.3, -0.25) is 24.2 Å². The number of aliphatic imine (C=N–C) groups is 3. The van der Waals surface area contributed by atoms with Gasteiger partial charge in [0, 0.05) is 79.3 Å². The minimum absolute atomic E-state index is 0.944. The number of amidine groups is 1. The Bertz CT molecular complexity index is 2070. The molecule has 0 aromatic carbocycles. The summed E-state index contributed by atoms with van der Waals surface area (Å²) in [5, 5.41) is 5.94. The fourth-order valence-electron chi connectivity index (χ4n) is 4.67. The third kappa shape index (κ3) is 24.6. The van der Waals surface area contributed by atoms with Crippen LogP contribution in [0.2, 0.25) is 0 Å². The molecule has 0 radical (unpaired) electrons. The summed E-state index contributed by atoms with van der Waals surface area (Å²) in [6.45, 7) is 33.8. The molecule has 3 aliphatic heterocycles. The van der Waals surface area contributed by atoms with Crippen LogP contribution in [0.15, 0.2) is 126 Å². The Morgan fingerprint density at radius 3 is 1.45 bits per heavy atom. The summed E-state index contributed by atoms with van der Waals surface area (Å²) in [5.74, 6) is 3.07. The average Bonchev–Trinajstić information content (AvgIpc) is 4.19. The van der Waals surface area contributed by atoms with Gasteiger partial charge in [-0.15, -0.1) is 11.3 Å². The summed E-state index contributed by atoms with van der Waals surface area (Å²) < 4.78 is 8.78. The van der Waals surface area contributed by atoms with E-state index in [1.165, 1.54) is 68.0 Å². The second kappa shape index (κ2) is 31.8. The Kier molecular flexibility index (Phi) is 27.9.